The first kappa shape index (κ1) is 20.4. The summed E-state index contributed by atoms with van der Waals surface area (Å²) in [7, 11) is 2.18. The molecule has 0 unspecified atom stereocenters. The standard InChI is InChI=1S/C26H26N5O/c1-17-4-3-5-22(28-17)23-16-20-10-13-27-26(32)24(20)25(30-23)29-21-8-6-18(7-9-21)19-11-14-31(2)15-12-19/h3-10,13,16,19H,11-12,14-15H2,1-2H3,(H,29,30). The van der Waals surface area contributed by atoms with E-state index in [4.69, 9.17) is 4.98 Å². The molecule has 3 aromatic rings. The average Bonchev–Trinajstić information content (AvgIpc) is 2.80. The van der Waals surface area contributed by atoms with Gasteiger partial charge in [0.1, 0.15) is 5.82 Å². The molecule has 1 N–H and O–H groups in total. The van der Waals surface area contributed by atoms with Gasteiger partial charge >= 0.3 is 0 Å². The number of aryl methyl sites for hydroxylation is 1. The zero-order valence-corrected chi connectivity index (χ0v) is 18.4. The number of carbonyl (C=O) groups is 1. The van der Waals surface area contributed by atoms with E-state index in [1.165, 1.54) is 24.6 Å². The second-order valence-corrected chi connectivity index (χ2v) is 8.56. The van der Waals surface area contributed by atoms with Crippen molar-refractivity contribution in [2.75, 3.05) is 25.5 Å². The van der Waals surface area contributed by atoms with Gasteiger partial charge in [-0.15, -0.1) is 0 Å². The van der Waals surface area contributed by atoms with Gasteiger partial charge in [0.05, 0.1) is 17.0 Å². The van der Waals surface area contributed by atoms with E-state index in [0.29, 0.717) is 17.3 Å². The van der Waals surface area contributed by atoms with Gasteiger partial charge in [-0.1, -0.05) is 18.2 Å². The van der Waals surface area contributed by atoms with E-state index >= 15 is 0 Å². The molecule has 2 aliphatic rings. The maximum atomic E-state index is 12.6. The van der Waals surface area contributed by atoms with Crippen molar-refractivity contribution in [3.63, 3.8) is 0 Å². The lowest BCUT2D eigenvalue weighted by molar-refractivity contribution is 0.0965. The number of pyridine rings is 2. The Morgan fingerprint density at radius 1 is 1.00 bits per heavy atom. The summed E-state index contributed by atoms with van der Waals surface area (Å²) in [6.07, 6.45) is 5.75. The first-order valence-corrected chi connectivity index (χ1v) is 11.0. The first-order valence-electron chi connectivity index (χ1n) is 11.0. The van der Waals surface area contributed by atoms with Crippen LogP contribution in [0.5, 0.6) is 0 Å². The van der Waals surface area contributed by atoms with Crippen molar-refractivity contribution < 1.29 is 4.79 Å². The number of carbonyl (C=O) groups excluding carboxylic acids is 1. The fourth-order valence-corrected chi connectivity index (χ4v) is 4.40. The van der Waals surface area contributed by atoms with Gasteiger partial charge in [0.2, 0.25) is 0 Å². The van der Waals surface area contributed by atoms with Crippen LogP contribution in [0.3, 0.4) is 0 Å². The van der Waals surface area contributed by atoms with Crippen LogP contribution in [0.4, 0.5) is 11.5 Å². The highest BCUT2D eigenvalue weighted by Gasteiger charge is 2.23. The summed E-state index contributed by atoms with van der Waals surface area (Å²) in [4.78, 5) is 24.3. The molecule has 1 fully saturated rings. The number of rotatable bonds is 4. The van der Waals surface area contributed by atoms with Gasteiger partial charge in [-0.2, -0.15) is 0 Å². The Kier molecular flexibility index (Phi) is 5.45. The molecule has 6 nitrogen and oxygen atoms in total. The van der Waals surface area contributed by atoms with Gasteiger partial charge in [0.15, 0.2) is 0 Å². The largest absolute Gasteiger partial charge is 0.340 e. The highest BCUT2D eigenvalue weighted by molar-refractivity contribution is 6.05. The monoisotopic (exact) mass is 424 g/mol. The number of fused-ring (bicyclic) bond motifs is 1. The molecule has 0 atom stereocenters. The normalized spacial score (nSPS) is 16.5. The van der Waals surface area contributed by atoms with Crippen molar-refractivity contribution in [1.29, 1.82) is 0 Å². The zero-order chi connectivity index (χ0) is 22.1. The minimum Gasteiger partial charge on any atom is -0.340 e. The zero-order valence-electron chi connectivity index (χ0n) is 18.4. The molecule has 1 saturated heterocycles. The number of likely N-dealkylation sites (tertiary alicyclic amines) is 1. The lowest BCUT2D eigenvalue weighted by atomic mass is 9.89. The lowest BCUT2D eigenvalue weighted by Crippen LogP contribution is -2.29. The van der Waals surface area contributed by atoms with Crippen LogP contribution >= 0.6 is 0 Å². The number of nitrogens with one attached hydrogen (secondary N) is 1. The summed E-state index contributed by atoms with van der Waals surface area (Å²) in [6.45, 7) is 4.23. The van der Waals surface area contributed by atoms with E-state index in [1.807, 2.05) is 37.3 Å². The minimum absolute atomic E-state index is 0.288. The maximum absolute atomic E-state index is 12.6. The second kappa shape index (κ2) is 8.55. The van der Waals surface area contributed by atoms with Crippen LogP contribution in [0, 0.1) is 6.92 Å². The SMILES string of the molecule is Cc1cccc(-c2cc3c(c(Nc4ccc(C5CCN(C)CC5)cc4)n2)C(=O)[N]C=C3)n1. The van der Waals surface area contributed by atoms with Gasteiger partial charge in [0, 0.05) is 17.6 Å². The van der Waals surface area contributed by atoms with E-state index < -0.39 is 0 Å². The van der Waals surface area contributed by atoms with Crippen molar-refractivity contribution >= 4 is 23.5 Å². The van der Waals surface area contributed by atoms with E-state index in [0.717, 1.165) is 41.4 Å². The van der Waals surface area contributed by atoms with Gasteiger partial charge in [0.25, 0.3) is 5.91 Å². The molecule has 161 valence electrons. The van der Waals surface area contributed by atoms with E-state index in [9.17, 15) is 4.79 Å². The van der Waals surface area contributed by atoms with Crippen molar-refractivity contribution in [3.8, 4) is 11.4 Å². The predicted molar refractivity (Wildman–Crippen MR) is 127 cm³/mol. The van der Waals surface area contributed by atoms with Crippen molar-refractivity contribution in [1.82, 2.24) is 20.2 Å². The van der Waals surface area contributed by atoms with Gasteiger partial charge in [-0.05, 0) is 93.4 Å². The van der Waals surface area contributed by atoms with Crippen LogP contribution in [0.15, 0.2) is 54.7 Å². The Morgan fingerprint density at radius 3 is 2.53 bits per heavy atom. The molecule has 2 aliphatic heterocycles. The Balaban J connectivity index is 1.47. The third-order valence-corrected chi connectivity index (χ3v) is 6.22. The third-order valence-electron chi connectivity index (χ3n) is 6.22. The predicted octanol–water partition coefficient (Wildman–Crippen LogP) is 4.73. The minimum atomic E-state index is -0.288. The van der Waals surface area contributed by atoms with E-state index in [2.05, 4.69) is 51.8 Å². The Labute approximate surface area is 188 Å². The highest BCUT2D eigenvalue weighted by Crippen LogP contribution is 2.32. The van der Waals surface area contributed by atoms with E-state index in [1.54, 1.807) is 0 Å². The first-order chi connectivity index (χ1) is 15.6. The molecular weight excluding hydrogens is 398 g/mol. The molecule has 2 aromatic heterocycles. The molecule has 32 heavy (non-hydrogen) atoms. The van der Waals surface area contributed by atoms with Gasteiger partial charge in [-0.3, -0.25) is 9.78 Å². The van der Waals surface area contributed by atoms with Crippen LogP contribution in [-0.2, 0) is 0 Å². The van der Waals surface area contributed by atoms with Crippen LogP contribution in [-0.4, -0.2) is 40.9 Å². The highest BCUT2D eigenvalue weighted by atomic mass is 16.1. The Morgan fingerprint density at radius 2 is 1.78 bits per heavy atom. The van der Waals surface area contributed by atoms with Crippen LogP contribution in [0.2, 0.25) is 0 Å². The molecular formula is C26H26N5O. The molecule has 1 aromatic carbocycles. The number of aromatic nitrogens is 2. The van der Waals surface area contributed by atoms with Gasteiger partial charge in [-0.25, -0.2) is 10.3 Å². The second-order valence-electron chi connectivity index (χ2n) is 8.56. The third kappa shape index (κ3) is 4.14. The number of hydrogen-bond donors (Lipinski definition) is 1. The molecule has 0 saturated carbocycles. The molecule has 1 radical (unpaired) electrons. The summed E-state index contributed by atoms with van der Waals surface area (Å²) in [5.41, 5.74) is 5.96. The smallest absolute Gasteiger partial charge is 0.281 e. The summed E-state index contributed by atoms with van der Waals surface area (Å²) < 4.78 is 0. The summed E-state index contributed by atoms with van der Waals surface area (Å²) in [6, 6.07) is 16.2. The van der Waals surface area contributed by atoms with Crippen LogP contribution in [0.25, 0.3) is 17.5 Å². The Hall–Kier alpha value is -3.51. The maximum Gasteiger partial charge on any atom is 0.281 e. The molecule has 0 bridgehead atoms. The lowest BCUT2D eigenvalue weighted by Gasteiger charge is -2.29. The molecule has 5 rings (SSSR count). The van der Waals surface area contributed by atoms with Crippen LogP contribution < -0.4 is 10.6 Å². The van der Waals surface area contributed by atoms with Crippen molar-refractivity contribution in [2.24, 2.45) is 0 Å². The van der Waals surface area contributed by atoms with Crippen molar-refractivity contribution in [3.05, 3.63) is 77.1 Å². The number of amides is 1. The fourth-order valence-electron chi connectivity index (χ4n) is 4.40. The van der Waals surface area contributed by atoms with Crippen molar-refractivity contribution in [2.45, 2.75) is 25.7 Å². The number of anilines is 2. The quantitative estimate of drug-likeness (QED) is 0.655. The fraction of sp³-hybridized carbons (Fsp3) is 0.269. The summed E-state index contributed by atoms with van der Waals surface area (Å²) >= 11 is 0. The van der Waals surface area contributed by atoms with Crippen LogP contribution in [0.1, 0.15) is 45.9 Å². The molecule has 0 spiro atoms. The molecule has 1 amide bonds. The molecule has 4 heterocycles. The number of nitrogens with zero attached hydrogens (tertiary/aromatic N) is 4. The topological polar surface area (TPSA) is 72.2 Å². The summed E-state index contributed by atoms with van der Waals surface area (Å²) in [5, 5.41) is 7.31. The summed E-state index contributed by atoms with van der Waals surface area (Å²) in [5.74, 6) is 0.822. The Bertz CT molecular complexity index is 1180. The molecule has 0 aliphatic carbocycles. The molecule has 6 heteroatoms. The van der Waals surface area contributed by atoms with E-state index in [-0.39, 0.29) is 5.91 Å². The number of piperidine rings is 1. The van der Waals surface area contributed by atoms with Gasteiger partial charge < -0.3 is 10.2 Å². The number of hydrogen-bond acceptors (Lipinski definition) is 5. The average molecular weight is 425 g/mol. The number of benzene rings is 1.